The molecule has 1 aliphatic rings. The van der Waals surface area contributed by atoms with Crippen molar-refractivity contribution >= 4 is 21.9 Å². The zero-order chi connectivity index (χ0) is 24.3. The predicted octanol–water partition coefficient (Wildman–Crippen LogP) is 4.05. The summed E-state index contributed by atoms with van der Waals surface area (Å²) < 4.78 is 61.0. The van der Waals surface area contributed by atoms with Gasteiger partial charge in [-0.05, 0) is 64.3 Å². The van der Waals surface area contributed by atoms with Gasteiger partial charge < -0.3 is 18.7 Å². The molecular weight excluding hydrogens is 527 g/mol. The van der Waals surface area contributed by atoms with Crippen LogP contribution in [0.15, 0.2) is 33.3 Å². The first-order valence-electron chi connectivity index (χ1n) is 10.3. The highest BCUT2D eigenvalue weighted by Gasteiger charge is 2.33. The van der Waals surface area contributed by atoms with Crippen LogP contribution in [0.3, 0.4) is 0 Å². The van der Waals surface area contributed by atoms with Crippen LogP contribution in [-0.4, -0.2) is 50.1 Å². The van der Waals surface area contributed by atoms with E-state index in [4.69, 9.17) is 18.7 Å². The number of esters is 1. The highest BCUT2D eigenvalue weighted by atomic mass is 79.9. The van der Waals surface area contributed by atoms with E-state index >= 15 is 0 Å². The molecule has 2 atom stereocenters. The average molecular weight is 546 g/mol. The zero-order valence-corrected chi connectivity index (χ0v) is 19.4. The maximum atomic E-state index is 13.0. The van der Waals surface area contributed by atoms with Crippen LogP contribution < -0.4 is 9.47 Å². The summed E-state index contributed by atoms with van der Waals surface area (Å²) in [5.74, 6) is 0.143. The molecule has 1 saturated carbocycles. The second kappa shape index (κ2) is 9.99. The predicted molar refractivity (Wildman–Crippen MR) is 112 cm³/mol. The molecule has 0 spiro atoms. The molecule has 2 heterocycles. The van der Waals surface area contributed by atoms with Crippen molar-refractivity contribution in [2.45, 2.75) is 51.1 Å². The summed E-state index contributed by atoms with van der Waals surface area (Å²) in [6.45, 7) is 1.74. The minimum Gasteiger partial charge on any atom is -0.489 e. The first-order valence-corrected chi connectivity index (χ1v) is 11.1. The Morgan fingerprint density at radius 1 is 1.24 bits per heavy atom. The van der Waals surface area contributed by atoms with Crippen LogP contribution >= 0.6 is 15.9 Å². The number of aromatic nitrogens is 5. The number of tetrazole rings is 1. The molecule has 0 saturated heterocycles. The molecular formula is C20H19BrF3N5O5. The summed E-state index contributed by atoms with van der Waals surface area (Å²) in [4.78, 5) is 12.6. The summed E-state index contributed by atoms with van der Waals surface area (Å²) in [5, 5.41) is 15.5. The van der Waals surface area contributed by atoms with Crippen molar-refractivity contribution in [1.82, 2.24) is 25.4 Å². The Bertz CT molecular complexity index is 1150. The molecule has 1 fully saturated rings. The van der Waals surface area contributed by atoms with Gasteiger partial charge in [-0.1, -0.05) is 0 Å². The Labute approximate surface area is 199 Å². The number of rotatable bonds is 8. The van der Waals surface area contributed by atoms with E-state index in [1.807, 2.05) is 0 Å². The van der Waals surface area contributed by atoms with Crippen LogP contribution in [-0.2, 0) is 22.3 Å². The van der Waals surface area contributed by atoms with E-state index < -0.39 is 17.7 Å². The monoisotopic (exact) mass is 545 g/mol. The lowest BCUT2D eigenvalue weighted by molar-refractivity contribution is -0.144. The number of benzene rings is 1. The number of carbonyl (C=O) groups excluding carboxylic acids is 1. The summed E-state index contributed by atoms with van der Waals surface area (Å²) in [7, 11) is 0. The number of ether oxygens (including phenoxy) is 3. The van der Waals surface area contributed by atoms with E-state index in [1.54, 1.807) is 6.92 Å². The van der Waals surface area contributed by atoms with E-state index in [0.717, 1.165) is 16.9 Å². The number of halogens is 4. The lowest BCUT2D eigenvalue weighted by atomic mass is 10.2. The Kier molecular flexibility index (Phi) is 7.05. The fraction of sp³-hybridized carbons (Fsp3) is 0.450. The van der Waals surface area contributed by atoms with Gasteiger partial charge in [0.25, 0.3) is 5.88 Å². The molecule has 2 unspecified atom stereocenters. The minimum absolute atomic E-state index is 0.119. The smallest absolute Gasteiger partial charge is 0.416 e. The molecule has 14 heteroatoms. The van der Waals surface area contributed by atoms with Crippen molar-refractivity contribution in [1.29, 1.82) is 0 Å². The average Bonchev–Trinajstić information content (AvgIpc) is 3.51. The Balaban J connectivity index is 1.33. The van der Waals surface area contributed by atoms with Gasteiger partial charge in [0.15, 0.2) is 6.54 Å². The summed E-state index contributed by atoms with van der Waals surface area (Å²) in [6, 6.07) is 4.77. The van der Waals surface area contributed by atoms with Crippen LogP contribution in [0.2, 0.25) is 0 Å². The molecule has 0 radical (unpaired) electrons. The van der Waals surface area contributed by atoms with E-state index in [9.17, 15) is 18.0 Å². The molecule has 3 aromatic rings. The standard InChI is InChI=1S/C20H19BrF3N5O5/c1-2-31-18(30)10-29-26-19(25-28-29)16-9-17(27-34-16)33-13-5-4-12(8-13)32-15-7-11(20(22,23)24)3-6-14(15)21/h3,6-7,9,12-13H,2,4-5,8,10H2,1H3. The zero-order valence-electron chi connectivity index (χ0n) is 17.8. The van der Waals surface area contributed by atoms with Crippen LogP contribution in [0, 0.1) is 0 Å². The van der Waals surface area contributed by atoms with E-state index in [2.05, 4.69) is 36.5 Å². The van der Waals surface area contributed by atoms with Gasteiger partial charge in [-0.15, -0.1) is 10.2 Å². The van der Waals surface area contributed by atoms with Gasteiger partial charge in [-0.3, -0.25) is 0 Å². The molecule has 182 valence electrons. The van der Waals surface area contributed by atoms with Gasteiger partial charge in [0.2, 0.25) is 11.6 Å². The topological polar surface area (TPSA) is 114 Å². The number of carbonyl (C=O) groups is 1. The molecule has 0 aliphatic heterocycles. The third kappa shape index (κ3) is 5.85. The third-order valence-electron chi connectivity index (χ3n) is 4.91. The summed E-state index contributed by atoms with van der Waals surface area (Å²) >= 11 is 3.23. The van der Waals surface area contributed by atoms with Crippen LogP contribution in [0.4, 0.5) is 13.2 Å². The molecule has 0 bridgehead atoms. The van der Waals surface area contributed by atoms with E-state index in [1.165, 1.54) is 12.1 Å². The van der Waals surface area contributed by atoms with Gasteiger partial charge in [-0.25, -0.2) is 4.79 Å². The SMILES string of the molecule is CCOC(=O)Cn1nnc(-c2cc(OC3CCC(Oc4cc(C(F)(F)F)ccc4Br)C3)no2)n1. The van der Waals surface area contributed by atoms with Gasteiger partial charge in [0, 0.05) is 6.42 Å². The molecule has 1 aromatic carbocycles. The Hall–Kier alpha value is -3.16. The third-order valence-corrected chi connectivity index (χ3v) is 5.57. The van der Waals surface area contributed by atoms with Gasteiger partial charge in [0.1, 0.15) is 18.0 Å². The summed E-state index contributed by atoms with van der Waals surface area (Å²) in [6.07, 6.45) is -3.36. The number of hydrogen-bond donors (Lipinski definition) is 0. The molecule has 4 rings (SSSR count). The maximum absolute atomic E-state index is 13.0. The van der Waals surface area contributed by atoms with Crippen molar-refractivity contribution in [2.75, 3.05) is 6.61 Å². The highest BCUT2D eigenvalue weighted by molar-refractivity contribution is 9.10. The first kappa shape index (κ1) is 24.0. The fourth-order valence-electron chi connectivity index (χ4n) is 3.39. The van der Waals surface area contributed by atoms with Crippen LogP contribution in [0.5, 0.6) is 11.6 Å². The molecule has 0 N–H and O–H groups in total. The molecule has 0 amide bonds. The van der Waals surface area contributed by atoms with Crippen molar-refractivity contribution in [3.8, 4) is 23.2 Å². The minimum atomic E-state index is -4.45. The number of hydrogen-bond acceptors (Lipinski definition) is 9. The Morgan fingerprint density at radius 3 is 2.74 bits per heavy atom. The van der Waals surface area contributed by atoms with E-state index in [-0.39, 0.29) is 48.6 Å². The van der Waals surface area contributed by atoms with Gasteiger partial charge in [-0.2, -0.15) is 18.0 Å². The van der Waals surface area contributed by atoms with Crippen molar-refractivity contribution < 1.29 is 36.7 Å². The van der Waals surface area contributed by atoms with Crippen molar-refractivity contribution in [2.24, 2.45) is 0 Å². The van der Waals surface area contributed by atoms with Crippen molar-refractivity contribution in [3.05, 3.63) is 34.3 Å². The van der Waals surface area contributed by atoms with Crippen LogP contribution in [0.1, 0.15) is 31.7 Å². The van der Waals surface area contributed by atoms with Gasteiger partial charge >= 0.3 is 12.1 Å². The van der Waals surface area contributed by atoms with Crippen molar-refractivity contribution in [3.63, 3.8) is 0 Å². The molecule has 34 heavy (non-hydrogen) atoms. The molecule has 2 aromatic heterocycles. The largest absolute Gasteiger partial charge is 0.489 e. The van der Waals surface area contributed by atoms with E-state index in [0.29, 0.717) is 23.7 Å². The number of nitrogens with zero attached hydrogens (tertiary/aromatic N) is 5. The second-order valence-electron chi connectivity index (χ2n) is 7.41. The Morgan fingerprint density at radius 2 is 2.00 bits per heavy atom. The normalized spacial score (nSPS) is 18.1. The lowest BCUT2D eigenvalue weighted by Crippen LogP contribution is -2.18. The quantitative estimate of drug-likeness (QED) is 0.386. The maximum Gasteiger partial charge on any atom is 0.416 e. The number of alkyl halides is 3. The first-order chi connectivity index (χ1) is 16.2. The molecule has 1 aliphatic carbocycles. The van der Waals surface area contributed by atoms with Gasteiger partial charge in [0.05, 0.1) is 22.7 Å². The summed E-state index contributed by atoms with van der Waals surface area (Å²) in [5.41, 5.74) is -0.778. The fourth-order valence-corrected chi connectivity index (χ4v) is 3.73. The molecule has 10 nitrogen and oxygen atoms in total. The van der Waals surface area contributed by atoms with Crippen LogP contribution in [0.25, 0.3) is 11.6 Å². The second-order valence-corrected chi connectivity index (χ2v) is 8.27. The lowest BCUT2D eigenvalue weighted by Gasteiger charge is -2.17. The highest BCUT2D eigenvalue weighted by Crippen LogP contribution is 2.37.